The molecule has 1 rings (SSSR count). The van der Waals surface area contributed by atoms with Crippen molar-refractivity contribution < 1.29 is 9.53 Å². The number of nitrogens with two attached hydrogens (primary N) is 1. The molecular weight excluding hydrogens is 180 g/mol. The van der Waals surface area contributed by atoms with Gasteiger partial charge in [-0.15, -0.1) is 0 Å². The van der Waals surface area contributed by atoms with E-state index >= 15 is 0 Å². The van der Waals surface area contributed by atoms with E-state index < -0.39 is 0 Å². The molecule has 0 spiro atoms. The maximum Gasteiger partial charge on any atom is 0.236 e. The fraction of sp³-hybridized carbons (Fsp3) is 0.900. The average molecular weight is 200 g/mol. The highest BCUT2D eigenvalue weighted by molar-refractivity contribution is 5.80. The van der Waals surface area contributed by atoms with E-state index in [4.69, 9.17) is 10.5 Å². The zero-order valence-electron chi connectivity index (χ0n) is 8.95. The molecule has 1 aliphatic rings. The number of amides is 1. The number of nitrogens with one attached hydrogen (secondary N) is 1. The van der Waals surface area contributed by atoms with Crippen LogP contribution in [-0.2, 0) is 9.53 Å². The highest BCUT2D eigenvalue weighted by Gasteiger charge is 2.27. The van der Waals surface area contributed by atoms with Crippen molar-refractivity contribution in [2.75, 3.05) is 13.7 Å². The topological polar surface area (TPSA) is 64.3 Å². The Bertz CT molecular complexity index is 197. The van der Waals surface area contributed by atoms with Gasteiger partial charge in [-0.3, -0.25) is 4.79 Å². The molecule has 14 heavy (non-hydrogen) atoms. The van der Waals surface area contributed by atoms with Gasteiger partial charge in [0, 0.05) is 13.2 Å². The summed E-state index contributed by atoms with van der Waals surface area (Å²) in [5.74, 6) is 0.305. The molecular formula is C10H20N2O2. The van der Waals surface area contributed by atoms with Gasteiger partial charge in [-0.2, -0.15) is 0 Å². The minimum atomic E-state index is -0.342. The second kappa shape index (κ2) is 5.32. The Morgan fingerprint density at radius 1 is 1.64 bits per heavy atom. The van der Waals surface area contributed by atoms with E-state index in [1.165, 1.54) is 12.8 Å². The summed E-state index contributed by atoms with van der Waals surface area (Å²) in [5, 5.41) is 3.27. The van der Waals surface area contributed by atoms with Crippen LogP contribution < -0.4 is 11.1 Å². The summed E-state index contributed by atoms with van der Waals surface area (Å²) in [7, 11) is 1.58. The van der Waals surface area contributed by atoms with Crippen molar-refractivity contribution in [3.05, 3.63) is 0 Å². The molecule has 82 valence electrons. The lowest BCUT2D eigenvalue weighted by Gasteiger charge is -2.22. The smallest absolute Gasteiger partial charge is 0.236 e. The summed E-state index contributed by atoms with van der Waals surface area (Å²) in [6.45, 7) is 2.56. The van der Waals surface area contributed by atoms with Crippen LogP contribution in [0.2, 0.25) is 0 Å². The van der Waals surface area contributed by atoms with E-state index in [1.807, 2.05) is 0 Å². The quantitative estimate of drug-likeness (QED) is 0.669. The van der Waals surface area contributed by atoms with Crippen molar-refractivity contribution in [1.29, 1.82) is 0 Å². The van der Waals surface area contributed by atoms with Crippen LogP contribution in [-0.4, -0.2) is 31.7 Å². The lowest BCUT2D eigenvalue weighted by molar-refractivity contribution is -0.121. The van der Waals surface area contributed by atoms with Crippen molar-refractivity contribution in [2.45, 2.75) is 38.3 Å². The molecule has 0 aromatic heterocycles. The molecule has 0 saturated heterocycles. The van der Waals surface area contributed by atoms with E-state index in [2.05, 4.69) is 12.2 Å². The highest BCUT2D eigenvalue weighted by atomic mass is 16.5. The van der Waals surface area contributed by atoms with Crippen LogP contribution in [0.3, 0.4) is 0 Å². The van der Waals surface area contributed by atoms with E-state index in [-0.39, 0.29) is 11.9 Å². The summed E-state index contributed by atoms with van der Waals surface area (Å²) in [4.78, 5) is 11.1. The molecule has 3 atom stereocenters. The van der Waals surface area contributed by atoms with Crippen molar-refractivity contribution in [2.24, 2.45) is 11.7 Å². The Morgan fingerprint density at radius 2 is 2.36 bits per heavy atom. The van der Waals surface area contributed by atoms with Gasteiger partial charge in [0.15, 0.2) is 0 Å². The normalized spacial score (nSPS) is 29.0. The number of methoxy groups -OCH3 is 1. The standard InChI is InChI=1S/C10H20N2O2/c1-7-4-3-5-8(7)12-9(6-14-2)10(11)13/h7-9,12H,3-6H2,1-2H3,(H2,11,13). The zero-order valence-corrected chi connectivity index (χ0v) is 8.95. The molecule has 3 N–H and O–H groups in total. The van der Waals surface area contributed by atoms with Gasteiger partial charge in [-0.05, 0) is 18.8 Å². The largest absolute Gasteiger partial charge is 0.383 e. The molecule has 0 radical (unpaired) electrons. The fourth-order valence-electron chi connectivity index (χ4n) is 2.03. The number of ether oxygens (including phenoxy) is 1. The third-order valence-electron chi connectivity index (χ3n) is 2.95. The van der Waals surface area contributed by atoms with Crippen LogP contribution in [0.4, 0.5) is 0 Å². The van der Waals surface area contributed by atoms with Gasteiger partial charge in [0.05, 0.1) is 6.61 Å². The summed E-state index contributed by atoms with van der Waals surface area (Å²) < 4.78 is 4.95. The van der Waals surface area contributed by atoms with Crippen LogP contribution in [0.1, 0.15) is 26.2 Å². The van der Waals surface area contributed by atoms with Crippen molar-refractivity contribution in [1.82, 2.24) is 5.32 Å². The lowest BCUT2D eigenvalue weighted by atomic mass is 10.1. The molecule has 0 aromatic carbocycles. The number of carbonyl (C=O) groups excluding carboxylic acids is 1. The van der Waals surface area contributed by atoms with E-state index in [0.29, 0.717) is 18.6 Å². The lowest BCUT2D eigenvalue weighted by Crippen LogP contribution is -2.49. The predicted molar refractivity (Wildman–Crippen MR) is 54.8 cm³/mol. The van der Waals surface area contributed by atoms with Gasteiger partial charge in [-0.25, -0.2) is 0 Å². The summed E-state index contributed by atoms with van der Waals surface area (Å²) in [5.41, 5.74) is 5.26. The minimum Gasteiger partial charge on any atom is -0.383 e. The Morgan fingerprint density at radius 3 is 2.79 bits per heavy atom. The number of hydrogen-bond acceptors (Lipinski definition) is 3. The van der Waals surface area contributed by atoms with Gasteiger partial charge < -0.3 is 15.8 Å². The van der Waals surface area contributed by atoms with Crippen LogP contribution in [0.5, 0.6) is 0 Å². The Balaban J connectivity index is 2.41. The maximum absolute atomic E-state index is 11.1. The van der Waals surface area contributed by atoms with Crippen molar-refractivity contribution in [3.8, 4) is 0 Å². The van der Waals surface area contributed by atoms with Gasteiger partial charge in [0.25, 0.3) is 0 Å². The number of primary amides is 1. The van der Waals surface area contributed by atoms with Gasteiger partial charge in [0.2, 0.25) is 5.91 Å². The first kappa shape index (κ1) is 11.5. The second-order valence-electron chi connectivity index (χ2n) is 4.09. The SMILES string of the molecule is COCC(NC1CCCC1C)C(N)=O. The monoisotopic (exact) mass is 200 g/mol. The molecule has 0 aromatic rings. The molecule has 1 aliphatic carbocycles. The molecule has 0 heterocycles. The maximum atomic E-state index is 11.1. The molecule has 1 fully saturated rings. The Hall–Kier alpha value is -0.610. The zero-order chi connectivity index (χ0) is 10.6. The molecule has 4 nitrogen and oxygen atoms in total. The Labute approximate surface area is 85.2 Å². The first-order valence-corrected chi connectivity index (χ1v) is 5.19. The molecule has 1 saturated carbocycles. The van der Waals surface area contributed by atoms with Gasteiger partial charge >= 0.3 is 0 Å². The van der Waals surface area contributed by atoms with Crippen molar-refractivity contribution in [3.63, 3.8) is 0 Å². The van der Waals surface area contributed by atoms with Crippen LogP contribution >= 0.6 is 0 Å². The number of carbonyl (C=O) groups is 1. The third kappa shape index (κ3) is 2.96. The summed E-state index contributed by atoms with van der Waals surface area (Å²) in [6.07, 6.45) is 3.60. The average Bonchev–Trinajstić information content (AvgIpc) is 2.51. The van der Waals surface area contributed by atoms with Crippen LogP contribution in [0, 0.1) is 5.92 Å². The van der Waals surface area contributed by atoms with Gasteiger partial charge in [0.1, 0.15) is 6.04 Å². The summed E-state index contributed by atoms with van der Waals surface area (Å²) >= 11 is 0. The molecule has 0 bridgehead atoms. The highest BCUT2D eigenvalue weighted by Crippen LogP contribution is 2.25. The number of hydrogen-bond donors (Lipinski definition) is 2. The minimum absolute atomic E-state index is 0.328. The summed E-state index contributed by atoms with van der Waals surface area (Å²) in [6, 6.07) is 0.0770. The third-order valence-corrected chi connectivity index (χ3v) is 2.95. The van der Waals surface area contributed by atoms with Crippen LogP contribution in [0.15, 0.2) is 0 Å². The first-order chi connectivity index (χ1) is 6.65. The predicted octanol–water partition coefficient (Wildman–Crippen LogP) is 0.265. The number of rotatable bonds is 5. The first-order valence-electron chi connectivity index (χ1n) is 5.19. The molecule has 4 heteroatoms. The Kier molecular flexibility index (Phi) is 4.35. The van der Waals surface area contributed by atoms with Crippen molar-refractivity contribution >= 4 is 5.91 Å². The van der Waals surface area contributed by atoms with Crippen LogP contribution in [0.25, 0.3) is 0 Å². The van der Waals surface area contributed by atoms with E-state index in [1.54, 1.807) is 7.11 Å². The second-order valence-corrected chi connectivity index (χ2v) is 4.09. The molecule has 3 unspecified atom stereocenters. The molecule has 0 aliphatic heterocycles. The van der Waals surface area contributed by atoms with Gasteiger partial charge in [-0.1, -0.05) is 13.3 Å². The van der Waals surface area contributed by atoms with E-state index in [9.17, 15) is 4.79 Å². The van der Waals surface area contributed by atoms with E-state index in [0.717, 1.165) is 6.42 Å². The fourth-order valence-corrected chi connectivity index (χ4v) is 2.03. The molecule has 1 amide bonds.